The van der Waals surface area contributed by atoms with Gasteiger partial charge in [0.15, 0.2) is 5.65 Å². The summed E-state index contributed by atoms with van der Waals surface area (Å²) in [5.74, 6) is 1.59. The van der Waals surface area contributed by atoms with Crippen LogP contribution >= 0.6 is 0 Å². The maximum Gasteiger partial charge on any atom is 0.269 e. The molecule has 1 aromatic carbocycles. The highest BCUT2D eigenvalue weighted by Crippen LogP contribution is 2.31. The number of anilines is 2. The Morgan fingerprint density at radius 3 is 2.67 bits per heavy atom. The standard InChI is InChI=1S/C21H20N10O2/c1-11(26-17-15(16(22)23-10-24-17)20-29-28-12(2)33-20)18-27-19-14(9-25-30(19)3)21(32)31(18)13-7-5-4-6-8-13/h4-11H,1-3H3,(H3,22,23,24,26)/t11-/m0/s1. The molecule has 1 atom stereocenters. The third-order valence-electron chi connectivity index (χ3n) is 5.16. The fraction of sp³-hybridized carbons (Fsp3) is 0.190. The summed E-state index contributed by atoms with van der Waals surface area (Å²) >= 11 is 0. The van der Waals surface area contributed by atoms with Crippen LogP contribution in [0.1, 0.15) is 24.7 Å². The number of aromatic nitrogens is 8. The number of hydrogen-bond acceptors (Lipinski definition) is 10. The molecule has 3 N–H and O–H groups in total. The smallest absolute Gasteiger partial charge is 0.269 e. The van der Waals surface area contributed by atoms with Crippen molar-refractivity contribution >= 4 is 22.7 Å². The van der Waals surface area contributed by atoms with Crippen LogP contribution in [0.15, 0.2) is 52.1 Å². The van der Waals surface area contributed by atoms with E-state index in [9.17, 15) is 4.79 Å². The van der Waals surface area contributed by atoms with Gasteiger partial charge in [-0.05, 0) is 19.1 Å². The number of fused-ring (bicyclic) bond motifs is 1. The highest BCUT2D eigenvalue weighted by atomic mass is 16.4. The molecule has 0 aliphatic heterocycles. The van der Waals surface area contributed by atoms with Gasteiger partial charge in [0.25, 0.3) is 11.4 Å². The monoisotopic (exact) mass is 444 g/mol. The van der Waals surface area contributed by atoms with Crippen LogP contribution < -0.4 is 16.6 Å². The van der Waals surface area contributed by atoms with Crippen molar-refractivity contribution in [3.63, 3.8) is 0 Å². The number of nitrogens with one attached hydrogen (secondary N) is 1. The Bertz CT molecular complexity index is 1520. The Kier molecular flexibility index (Phi) is 4.81. The Balaban J connectivity index is 1.66. The van der Waals surface area contributed by atoms with Crippen LogP contribution in [-0.2, 0) is 7.05 Å². The zero-order valence-corrected chi connectivity index (χ0v) is 18.1. The van der Waals surface area contributed by atoms with Crippen LogP contribution in [0.25, 0.3) is 28.2 Å². The van der Waals surface area contributed by atoms with Crippen molar-refractivity contribution in [2.45, 2.75) is 19.9 Å². The minimum atomic E-state index is -0.478. The topological polar surface area (TPSA) is 155 Å². The molecular formula is C21H20N10O2. The van der Waals surface area contributed by atoms with E-state index in [2.05, 4.69) is 30.6 Å². The molecule has 5 rings (SSSR count). The maximum absolute atomic E-state index is 13.4. The van der Waals surface area contributed by atoms with Crippen LogP contribution in [0.2, 0.25) is 0 Å². The average Bonchev–Trinajstić information content (AvgIpc) is 3.40. The van der Waals surface area contributed by atoms with Gasteiger partial charge >= 0.3 is 0 Å². The summed E-state index contributed by atoms with van der Waals surface area (Å²) < 4.78 is 8.67. The molecule has 0 saturated heterocycles. The van der Waals surface area contributed by atoms with Gasteiger partial charge < -0.3 is 15.5 Å². The second-order valence-corrected chi connectivity index (χ2v) is 7.43. The molecule has 12 heteroatoms. The third kappa shape index (κ3) is 3.46. The van der Waals surface area contributed by atoms with E-state index in [-0.39, 0.29) is 17.3 Å². The third-order valence-corrected chi connectivity index (χ3v) is 5.16. The predicted octanol–water partition coefficient (Wildman–Crippen LogP) is 2.02. The van der Waals surface area contributed by atoms with Crippen LogP contribution in [-0.4, -0.2) is 39.5 Å². The number of nitrogens with zero attached hydrogens (tertiary/aromatic N) is 8. The second kappa shape index (κ2) is 7.82. The molecule has 5 aromatic rings. The lowest BCUT2D eigenvalue weighted by molar-refractivity contribution is 0.532. The van der Waals surface area contributed by atoms with Crippen molar-refractivity contribution in [1.82, 2.24) is 39.5 Å². The highest BCUT2D eigenvalue weighted by molar-refractivity contribution is 5.79. The first-order chi connectivity index (χ1) is 15.9. The number of benzene rings is 1. The molecule has 0 bridgehead atoms. The van der Waals surface area contributed by atoms with Crippen molar-refractivity contribution in [2.75, 3.05) is 11.1 Å². The lowest BCUT2D eigenvalue weighted by Crippen LogP contribution is -2.27. The van der Waals surface area contributed by atoms with Crippen molar-refractivity contribution in [2.24, 2.45) is 7.05 Å². The van der Waals surface area contributed by atoms with E-state index in [0.29, 0.717) is 39.8 Å². The van der Waals surface area contributed by atoms with Gasteiger partial charge in [0.05, 0.1) is 17.9 Å². The van der Waals surface area contributed by atoms with E-state index in [1.165, 1.54) is 12.5 Å². The largest absolute Gasteiger partial charge is 0.421 e. The van der Waals surface area contributed by atoms with Crippen LogP contribution in [0.3, 0.4) is 0 Å². The number of nitrogen functional groups attached to an aromatic ring is 1. The van der Waals surface area contributed by atoms with Crippen LogP contribution in [0, 0.1) is 6.92 Å². The van der Waals surface area contributed by atoms with Gasteiger partial charge in [-0.2, -0.15) is 5.10 Å². The van der Waals surface area contributed by atoms with Gasteiger partial charge in [-0.15, -0.1) is 10.2 Å². The minimum Gasteiger partial charge on any atom is -0.421 e. The lowest BCUT2D eigenvalue weighted by Gasteiger charge is -2.20. The lowest BCUT2D eigenvalue weighted by atomic mass is 10.2. The zero-order chi connectivity index (χ0) is 23.1. The van der Waals surface area contributed by atoms with Crippen molar-refractivity contribution in [1.29, 1.82) is 0 Å². The van der Waals surface area contributed by atoms with E-state index >= 15 is 0 Å². The van der Waals surface area contributed by atoms with Gasteiger partial charge in [0.2, 0.25) is 5.89 Å². The molecule has 0 saturated carbocycles. The molecule has 0 radical (unpaired) electrons. The molecule has 0 unspecified atom stereocenters. The van der Waals surface area contributed by atoms with E-state index in [1.807, 2.05) is 37.3 Å². The minimum absolute atomic E-state index is 0.179. The Morgan fingerprint density at radius 1 is 1.15 bits per heavy atom. The summed E-state index contributed by atoms with van der Waals surface area (Å²) in [6.45, 7) is 3.54. The van der Waals surface area contributed by atoms with Crippen molar-refractivity contribution in [3.05, 3.63) is 64.9 Å². The van der Waals surface area contributed by atoms with Crippen molar-refractivity contribution < 1.29 is 4.42 Å². The summed E-state index contributed by atoms with van der Waals surface area (Å²) in [5.41, 5.74) is 7.41. The quantitative estimate of drug-likeness (QED) is 0.411. The molecule has 0 aliphatic carbocycles. The molecule has 4 heterocycles. The number of hydrogen-bond donors (Lipinski definition) is 2. The Morgan fingerprint density at radius 2 is 1.94 bits per heavy atom. The molecule has 33 heavy (non-hydrogen) atoms. The molecule has 4 aromatic heterocycles. The summed E-state index contributed by atoms with van der Waals surface area (Å²) in [5, 5.41) is 15.8. The molecule has 0 fully saturated rings. The summed E-state index contributed by atoms with van der Waals surface area (Å²) in [7, 11) is 1.74. The van der Waals surface area contributed by atoms with Crippen molar-refractivity contribution in [3.8, 4) is 17.1 Å². The van der Waals surface area contributed by atoms with Gasteiger partial charge in [-0.25, -0.2) is 15.0 Å². The number of rotatable bonds is 5. The van der Waals surface area contributed by atoms with Gasteiger partial charge in [0, 0.05) is 14.0 Å². The van der Waals surface area contributed by atoms with E-state index in [0.717, 1.165) is 0 Å². The van der Waals surface area contributed by atoms with Crippen LogP contribution in [0.4, 0.5) is 11.6 Å². The Hall–Kier alpha value is -4.61. The molecular weight excluding hydrogens is 424 g/mol. The first-order valence-corrected chi connectivity index (χ1v) is 10.1. The van der Waals surface area contributed by atoms with E-state index in [1.54, 1.807) is 23.2 Å². The first-order valence-electron chi connectivity index (χ1n) is 10.1. The normalized spacial score (nSPS) is 12.2. The van der Waals surface area contributed by atoms with E-state index < -0.39 is 6.04 Å². The molecule has 0 spiro atoms. The predicted molar refractivity (Wildman–Crippen MR) is 121 cm³/mol. The fourth-order valence-corrected chi connectivity index (χ4v) is 3.60. The zero-order valence-electron chi connectivity index (χ0n) is 18.1. The Labute approximate surface area is 187 Å². The SMILES string of the molecule is Cc1nnc(-c2c(N)ncnc2N[C@@H](C)c2nc3c(cnn3C)c(=O)n2-c2ccccc2)o1. The second-order valence-electron chi connectivity index (χ2n) is 7.43. The van der Waals surface area contributed by atoms with Gasteiger partial charge in [0.1, 0.15) is 34.7 Å². The van der Waals surface area contributed by atoms with E-state index in [4.69, 9.17) is 15.1 Å². The summed E-state index contributed by atoms with van der Waals surface area (Å²) in [6.07, 6.45) is 2.85. The number of para-hydroxylation sites is 1. The summed E-state index contributed by atoms with van der Waals surface area (Å²) in [6, 6.07) is 8.81. The molecule has 0 aliphatic rings. The highest BCUT2D eigenvalue weighted by Gasteiger charge is 2.23. The molecule has 166 valence electrons. The fourth-order valence-electron chi connectivity index (χ4n) is 3.60. The summed E-state index contributed by atoms with van der Waals surface area (Å²) in [4.78, 5) is 26.6. The first kappa shape index (κ1) is 20.3. The number of aryl methyl sites for hydroxylation is 2. The average molecular weight is 444 g/mol. The number of nitrogens with two attached hydrogens (primary N) is 1. The van der Waals surface area contributed by atoms with Gasteiger partial charge in [-0.3, -0.25) is 14.0 Å². The maximum atomic E-state index is 13.4. The molecule has 12 nitrogen and oxygen atoms in total. The van der Waals surface area contributed by atoms with Gasteiger partial charge in [-0.1, -0.05) is 18.2 Å². The van der Waals surface area contributed by atoms with Crippen LogP contribution in [0.5, 0.6) is 0 Å². The molecule has 0 amide bonds.